The third-order valence-electron chi connectivity index (χ3n) is 3.92. The van der Waals surface area contributed by atoms with Gasteiger partial charge in [0.25, 0.3) is 5.91 Å². The van der Waals surface area contributed by atoms with Crippen LogP contribution in [-0.2, 0) is 4.74 Å². The third kappa shape index (κ3) is 4.69. The molecule has 0 saturated carbocycles. The zero-order chi connectivity index (χ0) is 20.1. The van der Waals surface area contributed by atoms with E-state index in [-0.39, 0.29) is 18.3 Å². The molecule has 0 fully saturated rings. The summed E-state index contributed by atoms with van der Waals surface area (Å²) in [5.74, 6) is -1.11. The van der Waals surface area contributed by atoms with E-state index in [4.69, 9.17) is 4.74 Å². The standard InChI is InChI=1S/C21H18N2O4S/c1-13-19(28-14(2)22-13)21(26)27-12-18(24)15-8-10-17(11-9-15)23-20(25)16-6-4-3-5-7-16/h3-11H,12H2,1-2H3,(H,23,25). The summed E-state index contributed by atoms with van der Waals surface area (Å²) in [6.07, 6.45) is 0. The zero-order valence-corrected chi connectivity index (χ0v) is 16.2. The Kier molecular flexibility index (Phi) is 5.96. The van der Waals surface area contributed by atoms with Crippen LogP contribution in [0.3, 0.4) is 0 Å². The highest BCUT2D eigenvalue weighted by Crippen LogP contribution is 2.18. The molecule has 0 aliphatic heterocycles. The molecule has 0 spiro atoms. The fraction of sp³-hybridized carbons (Fsp3) is 0.143. The Labute approximate surface area is 166 Å². The Morgan fingerprint density at radius 3 is 2.25 bits per heavy atom. The number of aromatic nitrogens is 1. The van der Waals surface area contributed by atoms with E-state index in [1.165, 1.54) is 11.3 Å². The van der Waals surface area contributed by atoms with Crippen molar-refractivity contribution in [1.29, 1.82) is 0 Å². The number of hydrogen-bond donors (Lipinski definition) is 1. The van der Waals surface area contributed by atoms with Gasteiger partial charge >= 0.3 is 5.97 Å². The molecule has 142 valence electrons. The molecule has 0 bridgehead atoms. The summed E-state index contributed by atoms with van der Waals surface area (Å²) < 4.78 is 5.10. The first-order valence-corrected chi connectivity index (χ1v) is 9.36. The van der Waals surface area contributed by atoms with Crippen LogP contribution in [0.5, 0.6) is 0 Å². The van der Waals surface area contributed by atoms with E-state index in [9.17, 15) is 14.4 Å². The Hall–Kier alpha value is -3.32. The summed E-state index contributed by atoms with van der Waals surface area (Å²) in [4.78, 5) is 41.0. The van der Waals surface area contributed by atoms with Gasteiger partial charge in [-0.25, -0.2) is 9.78 Å². The Balaban J connectivity index is 1.57. The van der Waals surface area contributed by atoms with Gasteiger partial charge < -0.3 is 10.1 Å². The lowest BCUT2D eigenvalue weighted by Gasteiger charge is -2.07. The molecule has 2 aromatic carbocycles. The third-order valence-corrected chi connectivity index (χ3v) is 4.98. The van der Waals surface area contributed by atoms with Crippen LogP contribution in [0.15, 0.2) is 54.6 Å². The van der Waals surface area contributed by atoms with Crippen LogP contribution in [-0.4, -0.2) is 29.3 Å². The van der Waals surface area contributed by atoms with Crippen molar-refractivity contribution in [2.75, 3.05) is 11.9 Å². The molecule has 7 heteroatoms. The molecule has 0 atom stereocenters. The van der Waals surface area contributed by atoms with E-state index in [2.05, 4.69) is 10.3 Å². The van der Waals surface area contributed by atoms with E-state index in [0.29, 0.717) is 27.4 Å². The van der Waals surface area contributed by atoms with Crippen molar-refractivity contribution < 1.29 is 19.1 Å². The lowest BCUT2D eigenvalue weighted by Crippen LogP contribution is -2.15. The van der Waals surface area contributed by atoms with Crippen molar-refractivity contribution in [3.05, 3.63) is 81.3 Å². The minimum atomic E-state index is -0.553. The van der Waals surface area contributed by atoms with Gasteiger partial charge in [0.15, 0.2) is 12.4 Å². The molecular formula is C21H18N2O4S. The molecule has 6 nitrogen and oxygen atoms in total. The summed E-state index contributed by atoms with van der Waals surface area (Å²) in [6, 6.07) is 15.3. The molecule has 28 heavy (non-hydrogen) atoms. The number of amides is 1. The van der Waals surface area contributed by atoms with Crippen molar-refractivity contribution in [2.45, 2.75) is 13.8 Å². The second-order valence-corrected chi connectivity index (χ2v) is 7.25. The number of Topliss-reactive ketones (excluding diaryl/α,β-unsaturated/α-hetero) is 1. The molecule has 0 unspecified atom stereocenters. The number of nitrogens with one attached hydrogen (secondary N) is 1. The summed E-state index contributed by atoms with van der Waals surface area (Å²) in [5.41, 5.74) is 2.10. The molecule has 0 aliphatic rings. The van der Waals surface area contributed by atoms with Gasteiger partial charge in [0.05, 0.1) is 10.7 Å². The van der Waals surface area contributed by atoms with Crippen molar-refractivity contribution >= 4 is 34.7 Å². The SMILES string of the molecule is Cc1nc(C)c(C(=O)OCC(=O)c2ccc(NC(=O)c3ccccc3)cc2)s1. The molecule has 0 aliphatic carbocycles. The normalized spacial score (nSPS) is 10.4. The Morgan fingerprint density at radius 2 is 1.64 bits per heavy atom. The number of nitrogens with zero attached hydrogens (tertiary/aromatic N) is 1. The number of esters is 1. The van der Waals surface area contributed by atoms with Gasteiger partial charge in [-0.1, -0.05) is 18.2 Å². The molecule has 0 saturated heterocycles. The second-order valence-electron chi connectivity index (χ2n) is 6.04. The van der Waals surface area contributed by atoms with Crippen LogP contribution in [0.1, 0.15) is 41.1 Å². The summed E-state index contributed by atoms with van der Waals surface area (Å²) >= 11 is 1.24. The number of aryl methyl sites for hydroxylation is 2. The quantitative estimate of drug-likeness (QED) is 0.503. The smallest absolute Gasteiger partial charge is 0.350 e. The van der Waals surface area contributed by atoms with Gasteiger partial charge in [-0.15, -0.1) is 11.3 Å². The van der Waals surface area contributed by atoms with Gasteiger partial charge in [0, 0.05) is 16.8 Å². The topological polar surface area (TPSA) is 85.4 Å². The van der Waals surface area contributed by atoms with E-state index in [0.717, 1.165) is 5.01 Å². The Morgan fingerprint density at radius 1 is 0.964 bits per heavy atom. The van der Waals surface area contributed by atoms with Gasteiger partial charge in [0.1, 0.15) is 4.88 Å². The van der Waals surface area contributed by atoms with Crippen LogP contribution >= 0.6 is 11.3 Å². The number of benzene rings is 2. The van der Waals surface area contributed by atoms with Gasteiger partial charge in [-0.05, 0) is 50.2 Å². The van der Waals surface area contributed by atoms with Crippen LogP contribution < -0.4 is 5.32 Å². The molecule has 1 N–H and O–H groups in total. The van der Waals surface area contributed by atoms with Gasteiger partial charge in [-0.2, -0.15) is 0 Å². The lowest BCUT2D eigenvalue weighted by molar-refractivity contribution is 0.0478. The highest BCUT2D eigenvalue weighted by Gasteiger charge is 2.17. The van der Waals surface area contributed by atoms with Crippen LogP contribution in [0.2, 0.25) is 0 Å². The summed E-state index contributed by atoms with van der Waals surface area (Å²) in [7, 11) is 0. The summed E-state index contributed by atoms with van der Waals surface area (Å²) in [5, 5.41) is 3.53. The number of hydrogen-bond acceptors (Lipinski definition) is 6. The fourth-order valence-corrected chi connectivity index (χ4v) is 3.35. The van der Waals surface area contributed by atoms with Gasteiger partial charge in [0.2, 0.25) is 0 Å². The number of carbonyl (C=O) groups excluding carboxylic acids is 3. The molecular weight excluding hydrogens is 376 g/mol. The first kappa shape index (κ1) is 19.4. The number of ketones is 1. The van der Waals surface area contributed by atoms with Gasteiger partial charge in [-0.3, -0.25) is 9.59 Å². The monoisotopic (exact) mass is 394 g/mol. The number of rotatable bonds is 6. The van der Waals surface area contributed by atoms with Crippen LogP contribution in [0.25, 0.3) is 0 Å². The minimum Gasteiger partial charge on any atom is -0.453 e. The number of anilines is 1. The maximum absolute atomic E-state index is 12.2. The lowest BCUT2D eigenvalue weighted by atomic mass is 10.1. The van der Waals surface area contributed by atoms with Crippen LogP contribution in [0, 0.1) is 13.8 Å². The average molecular weight is 394 g/mol. The first-order chi connectivity index (χ1) is 13.4. The van der Waals surface area contributed by atoms with Crippen molar-refractivity contribution in [1.82, 2.24) is 4.98 Å². The maximum atomic E-state index is 12.2. The van der Waals surface area contributed by atoms with E-state index in [1.807, 2.05) is 6.07 Å². The summed E-state index contributed by atoms with van der Waals surface area (Å²) in [6.45, 7) is 3.17. The predicted octanol–water partition coefficient (Wildman–Crippen LogP) is 4.05. The largest absolute Gasteiger partial charge is 0.453 e. The second kappa shape index (κ2) is 8.58. The molecule has 1 aromatic heterocycles. The molecule has 3 rings (SSSR count). The zero-order valence-electron chi connectivity index (χ0n) is 15.4. The number of thiazole rings is 1. The maximum Gasteiger partial charge on any atom is 0.350 e. The molecule has 0 radical (unpaired) electrons. The molecule has 3 aromatic rings. The highest BCUT2D eigenvalue weighted by atomic mass is 32.1. The van der Waals surface area contributed by atoms with Crippen molar-refractivity contribution in [3.8, 4) is 0 Å². The fourth-order valence-electron chi connectivity index (χ4n) is 2.53. The minimum absolute atomic E-state index is 0.233. The highest BCUT2D eigenvalue weighted by molar-refractivity contribution is 7.13. The number of ether oxygens (including phenoxy) is 1. The first-order valence-electron chi connectivity index (χ1n) is 8.55. The predicted molar refractivity (Wildman–Crippen MR) is 107 cm³/mol. The van der Waals surface area contributed by atoms with Crippen molar-refractivity contribution in [2.24, 2.45) is 0 Å². The number of carbonyl (C=O) groups is 3. The van der Waals surface area contributed by atoms with E-state index in [1.54, 1.807) is 62.4 Å². The van der Waals surface area contributed by atoms with Crippen molar-refractivity contribution in [3.63, 3.8) is 0 Å². The van der Waals surface area contributed by atoms with E-state index < -0.39 is 5.97 Å². The molecule has 1 heterocycles. The van der Waals surface area contributed by atoms with Crippen LogP contribution in [0.4, 0.5) is 5.69 Å². The Bertz CT molecular complexity index is 1010. The van der Waals surface area contributed by atoms with E-state index >= 15 is 0 Å². The average Bonchev–Trinajstić information content (AvgIpc) is 3.05. The molecule has 1 amide bonds.